The van der Waals surface area contributed by atoms with E-state index in [-0.39, 0.29) is 30.7 Å². The van der Waals surface area contributed by atoms with Crippen LogP contribution < -0.4 is 0 Å². The zero-order valence-electron chi connectivity index (χ0n) is 15.2. The van der Waals surface area contributed by atoms with Gasteiger partial charge in [-0.05, 0) is 44.5 Å². The number of rotatable bonds is 6. The number of carbonyl (C=O) groups is 3. The van der Waals surface area contributed by atoms with Crippen molar-refractivity contribution in [2.45, 2.75) is 33.2 Å². The molecule has 0 N–H and O–H groups in total. The van der Waals surface area contributed by atoms with E-state index in [9.17, 15) is 14.4 Å². The van der Waals surface area contributed by atoms with Crippen molar-refractivity contribution in [2.75, 3.05) is 13.6 Å². The first-order chi connectivity index (χ1) is 12.4. The molecule has 0 fully saturated rings. The van der Waals surface area contributed by atoms with Gasteiger partial charge in [0.1, 0.15) is 11.5 Å². The summed E-state index contributed by atoms with van der Waals surface area (Å²) < 4.78 is 5.47. The Bertz CT molecular complexity index is 868. The second kappa shape index (κ2) is 7.15. The van der Waals surface area contributed by atoms with Gasteiger partial charge in [0.25, 0.3) is 11.8 Å². The number of amides is 3. The molecule has 0 bridgehead atoms. The first kappa shape index (κ1) is 17.9. The van der Waals surface area contributed by atoms with Crippen molar-refractivity contribution in [3.8, 4) is 0 Å². The highest BCUT2D eigenvalue weighted by Crippen LogP contribution is 2.24. The van der Waals surface area contributed by atoms with Gasteiger partial charge in [0.2, 0.25) is 5.91 Å². The highest BCUT2D eigenvalue weighted by molar-refractivity contribution is 6.21. The van der Waals surface area contributed by atoms with E-state index in [1.54, 1.807) is 24.1 Å². The zero-order valence-corrected chi connectivity index (χ0v) is 15.2. The van der Waals surface area contributed by atoms with Crippen LogP contribution in [0.2, 0.25) is 0 Å². The smallest absolute Gasteiger partial charge is 0.261 e. The van der Waals surface area contributed by atoms with Gasteiger partial charge in [0, 0.05) is 20.0 Å². The second-order valence-corrected chi connectivity index (χ2v) is 6.68. The first-order valence-electron chi connectivity index (χ1n) is 8.63. The largest absolute Gasteiger partial charge is 0.464 e. The summed E-state index contributed by atoms with van der Waals surface area (Å²) in [6.07, 6.45) is 0.702. The molecule has 6 nitrogen and oxygen atoms in total. The monoisotopic (exact) mass is 354 g/mol. The molecule has 3 rings (SSSR count). The van der Waals surface area contributed by atoms with Crippen LogP contribution >= 0.6 is 0 Å². The zero-order chi connectivity index (χ0) is 18.8. The minimum absolute atomic E-state index is 0.0495. The van der Waals surface area contributed by atoms with Gasteiger partial charge in [-0.25, -0.2) is 0 Å². The second-order valence-electron chi connectivity index (χ2n) is 6.68. The van der Waals surface area contributed by atoms with Crippen LogP contribution in [0.15, 0.2) is 34.7 Å². The fourth-order valence-electron chi connectivity index (χ4n) is 3.08. The summed E-state index contributed by atoms with van der Waals surface area (Å²) in [5.74, 6) is 0.930. The molecule has 1 aromatic carbocycles. The first-order valence-corrected chi connectivity index (χ1v) is 8.63. The molecule has 6 heteroatoms. The number of imide groups is 1. The minimum atomic E-state index is -0.281. The van der Waals surface area contributed by atoms with Crippen LogP contribution in [0, 0.1) is 13.8 Å². The molecule has 0 atom stereocenters. The van der Waals surface area contributed by atoms with Crippen molar-refractivity contribution in [3.63, 3.8) is 0 Å². The Kier molecular flexibility index (Phi) is 4.93. The van der Waals surface area contributed by atoms with E-state index in [1.807, 2.05) is 32.0 Å². The van der Waals surface area contributed by atoms with Crippen molar-refractivity contribution in [2.24, 2.45) is 0 Å². The Morgan fingerprint density at radius 3 is 2.50 bits per heavy atom. The lowest BCUT2D eigenvalue weighted by molar-refractivity contribution is -0.130. The molecule has 0 saturated carbocycles. The molecule has 1 aromatic heterocycles. The molecular formula is C20H22N2O4. The Labute approximate surface area is 152 Å². The Hall–Kier alpha value is -2.89. The number of fused-ring (bicyclic) bond motifs is 1. The molecule has 0 radical (unpaired) electrons. The SMILES string of the molecule is Cc1ccc2c(c1)C(=O)N(CCCC(=O)N(C)Cc1ccc(C)o1)C2=O. The van der Waals surface area contributed by atoms with Gasteiger partial charge in [0.05, 0.1) is 17.7 Å². The number of furan rings is 1. The number of aryl methyl sites for hydroxylation is 2. The summed E-state index contributed by atoms with van der Waals surface area (Å²) in [6.45, 7) is 4.38. The molecule has 0 saturated heterocycles. The van der Waals surface area contributed by atoms with Crippen molar-refractivity contribution < 1.29 is 18.8 Å². The third kappa shape index (κ3) is 3.54. The molecule has 1 aliphatic heterocycles. The van der Waals surface area contributed by atoms with Crippen LogP contribution in [0.25, 0.3) is 0 Å². The average molecular weight is 354 g/mol. The van der Waals surface area contributed by atoms with Crippen LogP contribution in [-0.2, 0) is 11.3 Å². The quantitative estimate of drug-likeness (QED) is 0.748. The van der Waals surface area contributed by atoms with Crippen molar-refractivity contribution in [1.29, 1.82) is 0 Å². The fraction of sp³-hybridized carbons (Fsp3) is 0.350. The number of carbonyl (C=O) groups excluding carboxylic acids is 3. The summed E-state index contributed by atoms with van der Waals surface area (Å²) in [4.78, 5) is 39.8. The molecule has 136 valence electrons. The topological polar surface area (TPSA) is 70.8 Å². The fourth-order valence-corrected chi connectivity index (χ4v) is 3.08. The minimum Gasteiger partial charge on any atom is -0.464 e. The summed E-state index contributed by atoms with van der Waals surface area (Å²) in [5, 5.41) is 0. The van der Waals surface area contributed by atoms with Gasteiger partial charge < -0.3 is 9.32 Å². The van der Waals surface area contributed by atoms with Crippen LogP contribution in [0.1, 0.15) is 50.6 Å². The summed E-state index contributed by atoms with van der Waals surface area (Å²) in [5.41, 5.74) is 1.83. The van der Waals surface area contributed by atoms with Gasteiger partial charge in [-0.15, -0.1) is 0 Å². The lowest BCUT2D eigenvalue weighted by Crippen LogP contribution is -2.32. The number of hydrogen-bond donors (Lipinski definition) is 0. The molecule has 1 aliphatic rings. The van der Waals surface area contributed by atoms with Gasteiger partial charge in [0.15, 0.2) is 0 Å². The highest BCUT2D eigenvalue weighted by Gasteiger charge is 2.35. The maximum atomic E-state index is 12.4. The molecule has 26 heavy (non-hydrogen) atoms. The lowest BCUT2D eigenvalue weighted by Gasteiger charge is -2.17. The number of hydrogen-bond acceptors (Lipinski definition) is 4. The maximum Gasteiger partial charge on any atom is 0.261 e. The van der Waals surface area contributed by atoms with Gasteiger partial charge >= 0.3 is 0 Å². The normalized spacial score (nSPS) is 13.3. The van der Waals surface area contributed by atoms with E-state index in [2.05, 4.69) is 0 Å². The van der Waals surface area contributed by atoms with E-state index in [0.29, 0.717) is 24.1 Å². The number of benzene rings is 1. The summed E-state index contributed by atoms with van der Waals surface area (Å²) >= 11 is 0. The van der Waals surface area contributed by atoms with E-state index in [1.165, 1.54) is 4.90 Å². The van der Waals surface area contributed by atoms with Crippen molar-refractivity contribution in [1.82, 2.24) is 9.80 Å². The van der Waals surface area contributed by atoms with E-state index in [4.69, 9.17) is 4.42 Å². The molecule has 2 heterocycles. The Morgan fingerprint density at radius 2 is 1.81 bits per heavy atom. The third-order valence-electron chi connectivity index (χ3n) is 4.51. The predicted molar refractivity (Wildman–Crippen MR) is 95.7 cm³/mol. The van der Waals surface area contributed by atoms with Gasteiger partial charge in [-0.3, -0.25) is 19.3 Å². The molecule has 2 aromatic rings. The predicted octanol–water partition coefficient (Wildman–Crippen LogP) is 2.93. The van der Waals surface area contributed by atoms with E-state index >= 15 is 0 Å². The van der Waals surface area contributed by atoms with Crippen LogP contribution in [0.4, 0.5) is 0 Å². The lowest BCUT2D eigenvalue weighted by atomic mass is 10.1. The standard InChI is InChI=1S/C20H22N2O4/c1-13-6-9-16-17(11-13)20(25)22(19(16)24)10-4-5-18(23)21(3)12-15-8-7-14(2)26-15/h6-9,11H,4-5,10,12H2,1-3H3. The van der Waals surface area contributed by atoms with Gasteiger partial charge in [-0.2, -0.15) is 0 Å². The van der Waals surface area contributed by atoms with Crippen LogP contribution in [0.3, 0.4) is 0 Å². The molecular weight excluding hydrogens is 332 g/mol. The van der Waals surface area contributed by atoms with Crippen molar-refractivity contribution in [3.05, 3.63) is 58.5 Å². The molecule has 0 aliphatic carbocycles. The molecule has 0 unspecified atom stereocenters. The summed E-state index contributed by atoms with van der Waals surface area (Å²) in [7, 11) is 1.71. The highest BCUT2D eigenvalue weighted by atomic mass is 16.3. The molecule has 3 amide bonds. The Morgan fingerprint density at radius 1 is 1.08 bits per heavy atom. The summed E-state index contributed by atoms with van der Waals surface area (Å²) in [6, 6.07) is 8.95. The number of nitrogens with zero attached hydrogens (tertiary/aromatic N) is 2. The van der Waals surface area contributed by atoms with Crippen molar-refractivity contribution >= 4 is 17.7 Å². The van der Waals surface area contributed by atoms with Crippen LogP contribution in [-0.4, -0.2) is 41.1 Å². The Balaban J connectivity index is 1.52. The van der Waals surface area contributed by atoms with Gasteiger partial charge in [-0.1, -0.05) is 11.6 Å². The average Bonchev–Trinajstić information content (AvgIpc) is 3.10. The third-order valence-corrected chi connectivity index (χ3v) is 4.51. The van der Waals surface area contributed by atoms with E-state index in [0.717, 1.165) is 17.1 Å². The maximum absolute atomic E-state index is 12.4. The van der Waals surface area contributed by atoms with Crippen LogP contribution in [0.5, 0.6) is 0 Å². The van der Waals surface area contributed by atoms with E-state index < -0.39 is 0 Å². The molecule has 0 spiro atoms.